The molecular formula is C18H15N3O3S. The van der Waals surface area contributed by atoms with Crippen LogP contribution in [0.5, 0.6) is 0 Å². The SMILES string of the molecule is Cc1noc(C)c1-c1ccc2ccn(S(=O)(=O)c3ccccc3)c2n1. The number of rotatable bonds is 3. The van der Waals surface area contributed by atoms with Crippen LogP contribution in [-0.4, -0.2) is 22.5 Å². The van der Waals surface area contributed by atoms with Crippen LogP contribution in [0.4, 0.5) is 0 Å². The normalized spacial score (nSPS) is 11.9. The largest absolute Gasteiger partial charge is 0.361 e. The van der Waals surface area contributed by atoms with E-state index in [1.165, 1.54) is 10.2 Å². The summed E-state index contributed by atoms with van der Waals surface area (Å²) in [4.78, 5) is 4.79. The lowest BCUT2D eigenvalue weighted by Gasteiger charge is -2.08. The Morgan fingerprint density at radius 3 is 2.44 bits per heavy atom. The van der Waals surface area contributed by atoms with Gasteiger partial charge in [0.25, 0.3) is 10.0 Å². The van der Waals surface area contributed by atoms with Crippen molar-refractivity contribution in [3.8, 4) is 11.3 Å². The summed E-state index contributed by atoms with van der Waals surface area (Å²) < 4.78 is 32.3. The van der Waals surface area contributed by atoms with E-state index in [2.05, 4.69) is 10.1 Å². The lowest BCUT2D eigenvalue weighted by atomic mass is 10.1. The molecule has 0 saturated heterocycles. The van der Waals surface area contributed by atoms with Gasteiger partial charge in [0, 0.05) is 11.6 Å². The number of hydrogen-bond acceptors (Lipinski definition) is 5. The number of pyridine rings is 1. The van der Waals surface area contributed by atoms with Crippen molar-refractivity contribution in [3.05, 3.63) is 66.2 Å². The molecule has 0 aliphatic heterocycles. The minimum absolute atomic E-state index is 0.219. The molecule has 0 amide bonds. The summed E-state index contributed by atoms with van der Waals surface area (Å²) in [6.07, 6.45) is 1.52. The van der Waals surface area contributed by atoms with Gasteiger partial charge in [-0.15, -0.1) is 0 Å². The third kappa shape index (κ3) is 2.44. The molecule has 4 aromatic rings. The fraction of sp³-hybridized carbons (Fsp3) is 0.111. The van der Waals surface area contributed by atoms with Crippen LogP contribution in [0.1, 0.15) is 11.5 Å². The van der Waals surface area contributed by atoms with E-state index < -0.39 is 10.0 Å². The second-order valence-corrected chi connectivity index (χ2v) is 7.55. The van der Waals surface area contributed by atoms with Gasteiger partial charge in [-0.05, 0) is 44.2 Å². The standard InChI is InChI=1S/C18H15N3O3S/c1-12-17(13(2)24-20-12)16-9-8-14-10-11-21(18(14)19-16)25(22,23)15-6-4-3-5-7-15/h3-11H,1-2H3. The van der Waals surface area contributed by atoms with Crippen molar-refractivity contribution in [2.24, 2.45) is 0 Å². The fourth-order valence-corrected chi connectivity index (χ4v) is 4.20. The Bertz CT molecular complexity index is 1160. The summed E-state index contributed by atoms with van der Waals surface area (Å²) in [5, 5.41) is 4.68. The van der Waals surface area contributed by atoms with Crippen molar-refractivity contribution >= 4 is 21.1 Å². The van der Waals surface area contributed by atoms with Crippen molar-refractivity contribution in [1.29, 1.82) is 0 Å². The van der Waals surface area contributed by atoms with E-state index in [4.69, 9.17) is 4.52 Å². The summed E-state index contributed by atoms with van der Waals surface area (Å²) in [6, 6.07) is 13.7. The van der Waals surface area contributed by atoms with E-state index in [0.29, 0.717) is 22.8 Å². The average Bonchev–Trinajstić information content (AvgIpc) is 3.18. The number of aromatic nitrogens is 3. The summed E-state index contributed by atoms with van der Waals surface area (Å²) in [6.45, 7) is 3.64. The van der Waals surface area contributed by atoms with Crippen LogP contribution in [-0.2, 0) is 10.0 Å². The minimum Gasteiger partial charge on any atom is -0.361 e. The monoisotopic (exact) mass is 353 g/mol. The molecule has 1 aromatic carbocycles. The van der Waals surface area contributed by atoms with E-state index >= 15 is 0 Å². The van der Waals surface area contributed by atoms with Crippen molar-refractivity contribution in [1.82, 2.24) is 14.1 Å². The third-order valence-electron chi connectivity index (χ3n) is 4.09. The molecule has 3 aromatic heterocycles. The topological polar surface area (TPSA) is 78.0 Å². The number of benzene rings is 1. The van der Waals surface area contributed by atoms with Gasteiger partial charge in [0.1, 0.15) is 5.76 Å². The lowest BCUT2D eigenvalue weighted by molar-refractivity contribution is 0.393. The van der Waals surface area contributed by atoms with Gasteiger partial charge < -0.3 is 4.52 Å². The quantitative estimate of drug-likeness (QED) is 0.563. The van der Waals surface area contributed by atoms with Crippen LogP contribution < -0.4 is 0 Å². The minimum atomic E-state index is -3.71. The smallest absolute Gasteiger partial charge is 0.269 e. The maximum atomic E-state index is 12.9. The number of nitrogens with zero attached hydrogens (tertiary/aromatic N) is 3. The molecule has 0 aliphatic carbocycles. The predicted octanol–water partition coefficient (Wildman–Crippen LogP) is 3.55. The van der Waals surface area contributed by atoms with Gasteiger partial charge in [0.15, 0.2) is 5.65 Å². The third-order valence-corrected chi connectivity index (χ3v) is 5.77. The van der Waals surface area contributed by atoms with Gasteiger partial charge in [-0.3, -0.25) is 0 Å². The van der Waals surface area contributed by atoms with Crippen molar-refractivity contribution in [3.63, 3.8) is 0 Å². The van der Waals surface area contributed by atoms with Crippen molar-refractivity contribution in [2.45, 2.75) is 18.7 Å². The highest BCUT2D eigenvalue weighted by Crippen LogP contribution is 2.28. The molecule has 0 atom stereocenters. The molecule has 0 radical (unpaired) electrons. The van der Waals surface area contributed by atoms with E-state index in [9.17, 15) is 8.42 Å². The first-order valence-electron chi connectivity index (χ1n) is 7.70. The molecule has 3 heterocycles. The van der Waals surface area contributed by atoms with Crippen LogP contribution >= 0.6 is 0 Å². The second-order valence-electron chi connectivity index (χ2n) is 5.74. The van der Waals surface area contributed by atoms with Crippen LogP contribution in [0.2, 0.25) is 0 Å². The highest BCUT2D eigenvalue weighted by molar-refractivity contribution is 7.90. The van der Waals surface area contributed by atoms with Gasteiger partial charge in [-0.1, -0.05) is 23.4 Å². The summed E-state index contributed by atoms with van der Waals surface area (Å²) in [5.74, 6) is 0.647. The van der Waals surface area contributed by atoms with Crippen molar-refractivity contribution in [2.75, 3.05) is 0 Å². The summed E-state index contributed by atoms with van der Waals surface area (Å²) >= 11 is 0. The molecule has 0 fully saturated rings. The van der Waals surface area contributed by atoms with Crippen LogP contribution in [0.3, 0.4) is 0 Å². The first-order chi connectivity index (χ1) is 12.0. The van der Waals surface area contributed by atoms with Crippen molar-refractivity contribution < 1.29 is 12.9 Å². The van der Waals surface area contributed by atoms with Gasteiger partial charge in [-0.2, -0.15) is 0 Å². The number of hydrogen-bond donors (Lipinski definition) is 0. The second kappa shape index (κ2) is 5.56. The van der Waals surface area contributed by atoms with Gasteiger partial charge >= 0.3 is 0 Å². The Balaban J connectivity index is 1.94. The van der Waals surface area contributed by atoms with Gasteiger partial charge in [0.2, 0.25) is 0 Å². The molecule has 7 heteroatoms. The molecule has 0 saturated carbocycles. The lowest BCUT2D eigenvalue weighted by Crippen LogP contribution is -2.12. The Morgan fingerprint density at radius 2 is 1.76 bits per heavy atom. The van der Waals surface area contributed by atoms with E-state index in [-0.39, 0.29) is 4.90 Å². The van der Waals surface area contributed by atoms with E-state index in [1.54, 1.807) is 43.3 Å². The van der Waals surface area contributed by atoms with E-state index in [1.807, 2.05) is 19.1 Å². The molecule has 0 aliphatic rings. The summed E-state index contributed by atoms with van der Waals surface area (Å²) in [7, 11) is -3.71. The predicted molar refractivity (Wildman–Crippen MR) is 93.7 cm³/mol. The number of aryl methyl sites for hydroxylation is 2. The first kappa shape index (κ1) is 15.6. The molecule has 0 spiro atoms. The molecule has 25 heavy (non-hydrogen) atoms. The molecule has 4 rings (SSSR count). The molecule has 0 N–H and O–H groups in total. The van der Waals surface area contributed by atoms with Gasteiger partial charge in [0.05, 0.1) is 21.8 Å². The highest BCUT2D eigenvalue weighted by Gasteiger charge is 2.21. The van der Waals surface area contributed by atoms with Gasteiger partial charge in [-0.25, -0.2) is 17.4 Å². The number of fused-ring (bicyclic) bond motifs is 1. The summed E-state index contributed by atoms with van der Waals surface area (Å²) in [5.41, 5.74) is 2.51. The zero-order valence-electron chi connectivity index (χ0n) is 13.7. The van der Waals surface area contributed by atoms with Crippen LogP contribution in [0, 0.1) is 13.8 Å². The Kier molecular flexibility index (Phi) is 3.47. The maximum absolute atomic E-state index is 12.9. The molecular weight excluding hydrogens is 338 g/mol. The fourth-order valence-electron chi connectivity index (χ4n) is 2.87. The zero-order chi connectivity index (χ0) is 17.6. The first-order valence-corrected chi connectivity index (χ1v) is 9.14. The maximum Gasteiger partial charge on any atom is 0.269 e. The molecule has 0 unspecified atom stereocenters. The Labute approximate surface area is 144 Å². The van der Waals surface area contributed by atoms with Crippen LogP contribution in [0.15, 0.2) is 64.1 Å². The van der Waals surface area contributed by atoms with E-state index in [0.717, 1.165) is 10.9 Å². The Morgan fingerprint density at radius 1 is 1.00 bits per heavy atom. The highest BCUT2D eigenvalue weighted by atomic mass is 32.2. The molecule has 126 valence electrons. The zero-order valence-corrected chi connectivity index (χ0v) is 14.5. The average molecular weight is 353 g/mol. The van der Waals surface area contributed by atoms with Crippen LogP contribution in [0.25, 0.3) is 22.3 Å². The Hall–Kier alpha value is -2.93. The molecule has 0 bridgehead atoms. The molecule has 6 nitrogen and oxygen atoms in total.